The van der Waals surface area contributed by atoms with Gasteiger partial charge in [0.1, 0.15) is 0 Å². The lowest BCUT2D eigenvalue weighted by Gasteiger charge is -2.42. The Balaban J connectivity index is 1.47. The summed E-state index contributed by atoms with van der Waals surface area (Å²) in [5.74, 6) is 0.382. The van der Waals surface area contributed by atoms with Crippen LogP contribution in [0.15, 0.2) is 0 Å². The first kappa shape index (κ1) is 21.1. The van der Waals surface area contributed by atoms with Crippen LogP contribution in [0.4, 0.5) is 0 Å². The molecular formula is C23H42N2O2. The van der Waals surface area contributed by atoms with Gasteiger partial charge in [0, 0.05) is 13.2 Å². The molecule has 2 spiro atoms. The zero-order valence-corrected chi connectivity index (χ0v) is 17.7. The third-order valence-electron chi connectivity index (χ3n) is 7.13. The van der Waals surface area contributed by atoms with Gasteiger partial charge in [-0.2, -0.15) is 0 Å². The molecule has 0 bridgehead atoms. The Morgan fingerprint density at radius 3 is 2.19 bits per heavy atom. The van der Waals surface area contributed by atoms with Crippen LogP contribution in [-0.4, -0.2) is 41.8 Å². The lowest BCUT2D eigenvalue weighted by atomic mass is 9.81. The summed E-state index contributed by atoms with van der Waals surface area (Å²) in [5, 5.41) is 3.92. The first-order chi connectivity index (χ1) is 13.2. The highest BCUT2D eigenvalue weighted by Crippen LogP contribution is 2.44. The van der Waals surface area contributed by atoms with Gasteiger partial charge in [-0.15, -0.1) is 0 Å². The van der Waals surface area contributed by atoms with Crippen LogP contribution in [0, 0.1) is 0 Å². The van der Waals surface area contributed by atoms with E-state index in [4.69, 9.17) is 4.74 Å². The number of unbranched alkanes of at least 4 members (excludes halogenated alkanes) is 5. The number of ether oxygens (including phenoxy) is 1. The maximum absolute atomic E-state index is 13.4. The first-order valence-corrected chi connectivity index (χ1v) is 11.9. The first-order valence-electron chi connectivity index (χ1n) is 11.9. The second-order valence-corrected chi connectivity index (χ2v) is 9.20. The average molecular weight is 379 g/mol. The molecule has 2 saturated carbocycles. The molecule has 3 rings (SSSR count). The van der Waals surface area contributed by atoms with Crippen LogP contribution in [0.1, 0.15) is 110 Å². The van der Waals surface area contributed by atoms with Gasteiger partial charge in [0.25, 0.3) is 0 Å². The van der Waals surface area contributed by atoms with Gasteiger partial charge in [-0.1, -0.05) is 64.7 Å². The molecule has 1 saturated heterocycles. The molecule has 0 aromatic rings. The summed E-state index contributed by atoms with van der Waals surface area (Å²) < 4.78 is 5.94. The van der Waals surface area contributed by atoms with Crippen molar-refractivity contribution in [3.63, 3.8) is 0 Å². The molecular weight excluding hydrogens is 336 g/mol. The second kappa shape index (κ2) is 10.2. The van der Waals surface area contributed by atoms with Crippen LogP contribution in [0.5, 0.6) is 0 Å². The van der Waals surface area contributed by atoms with Crippen molar-refractivity contribution in [2.75, 3.05) is 19.8 Å². The Bertz CT molecular complexity index is 453. The molecule has 0 unspecified atom stereocenters. The highest BCUT2D eigenvalue weighted by atomic mass is 16.5. The Morgan fingerprint density at radius 1 is 0.852 bits per heavy atom. The van der Waals surface area contributed by atoms with Crippen LogP contribution in [-0.2, 0) is 9.53 Å². The van der Waals surface area contributed by atoms with E-state index >= 15 is 0 Å². The van der Waals surface area contributed by atoms with Gasteiger partial charge >= 0.3 is 0 Å². The molecule has 0 aromatic carbocycles. The normalized spacial score (nSPS) is 24.2. The quantitative estimate of drug-likeness (QED) is 0.534. The molecule has 4 nitrogen and oxygen atoms in total. The van der Waals surface area contributed by atoms with Gasteiger partial charge in [-0.25, -0.2) is 0 Å². The Morgan fingerprint density at radius 2 is 1.48 bits per heavy atom. The van der Waals surface area contributed by atoms with Crippen molar-refractivity contribution in [2.45, 2.75) is 121 Å². The van der Waals surface area contributed by atoms with E-state index in [2.05, 4.69) is 17.1 Å². The van der Waals surface area contributed by atoms with Gasteiger partial charge in [-0.3, -0.25) is 10.1 Å². The van der Waals surface area contributed by atoms with Crippen molar-refractivity contribution in [1.29, 1.82) is 0 Å². The highest BCUT2D eigenvalue weighted by molar-refractivity contribution is 5.89. The number of amides is 1. The minimum Gasteiger partial charge on any atom is -0.380 e. The molecule has 4 heteroatoms. The molecule has 1 aliphatic heterocycles. The van der Waals surface area contributed by atoms with E-state index in [0.717, 1.165) is 45.3 Å². The minimum atomic E-state index is -0.255. The van der Waals surface area contributed by atoms with Crippen molar-refractivity contribution in [1.82, 2.24) is 10.2 Å². The topological polar surface area (TPSA) is 41.6 Å². The Labute approximate surface area is 166 Å². The van der Waals surface area contributed by atoms with E-state index < -0.39 is 0 Å². The minimum absolute atomic E-state index is 0.0732. The second-order valence-electron chi connectivity index (χ2n) is 9.20. The summed E-state index contributed by atoms with van der Waals surface area (Å²) >= 11 is 0. The summed E-state index contributed by atoms with van der Waals surface area (Å²) in [6.45, 7) is 4.57. The van der Waals surface area contributed by atoms with Crippen molar-refractivity contribution in [3.8, 4) is 0 Å². The van der Waals surface area contributed by atoms with Gasteiger partial charge in [0.05, 0.1) is 17.8 Å². The SMILES string of the molecule is CCCCCCCCOCCN1C(=O)C2(CCCCC2)NC12CCCCC2. The fraction of sp³-hybridized carbons (Fsp3) is 0.957. The van der Waals surface area contributed by atoms with Crippen molar-refractivity contribution in [3.05, 3.63) is 0 Å². The lowest BCUT2D eigenvalue weighted by Crippen LogP contribution is -2.56. The molecule has 3 fully saturated rings. The van der Waals surface area contributed by atoms with Crippen LogP contribution in [0.3, 0.4) is 0 Å². The summed E-state index contributed by atoms with van der Waals surface area (Å²) in [4.78, 5) is 15.6. The van der Waals surface area contributed by atoms with Crippen LogP contribution < -0.4 is 5.32 Å². The van der Waals surface area contributed by atoms with E-state index in [-0.39, 0.29) is 11.2 Å². The van der Waals surface area contributed by atoms with Crippen LogP contribution in [0.25, 0.3) is 0 Å². The smallest absolute Gasteiger partial charge is 0.244 e. The Hall–Kier alpha value is -0.610. The standard InChI is InChI=1S/C23H42N2O2/c1-2-3-4-5-6-13-19-27-20-18-25-21(26)22(14-9-7-10-15-22)24-23(25)16-11-8-12-17-23/h24H,2-20H2,1H3. The molecule has 1 heterocycles. The van der Waals surface area contributed by atoms with E-state index in [1.54, 1.807) is 0 Å². The fourth-order valence-corrected chi connectivity index (χ4v) is 5.60. The van der Waals surface area contributed by atoms with Crippen molar-refractivity contribution >= 4 is 5.91 Å². The summed E-state index contributed by atoms with van der Waals surface area (Å²) in [6.07, 6.45) is 19.5. The van der Waals surface area contributed by atoms with Crippen molar-refractivity contribution in [2.24, 2.45) is 0 Å². The molecule has 27 heavy (non-hydrogen) atoms. The summed E-state index contributed by atoms with van der Waals surface area (Å²) in [5.41, 5.74) is -0.328. The lowest BCUT2D eigenvalue weighted by molar-refractivity contribution is -0.137. The third kappa shape index (κ3) is 5.06. The molecule has 156 valence electrons. The van der Waals surface area contributed by atoms with Crippen molar-refractivity contribution < 1.29 is 9.53 Å². The average Bonchev–Trinajstić information content (AvgIpc) is 2.89. The molecule has 0 atom stereocenters. The molecule has 3 aliphatic rings. The number of carbonyl (C=O) groups excluding carboxylic acids is 1. The molecule has 1 amide bonds. The maximum atomic E-state index is 13.4. The maximum Gasteiger partial charge on any atom is 0.244 e. The monoisotopic (exact) mass is 378 g/mol. The number of nitrogens with zero attached hydrogens (tertiary/aromatic N) is 1. The summed E-state index contributed by atoms with van der Waals surface area (Å²) in [7, 11) is 0. The fourth-order valence-electron chi connectivity index (χ4n) is 5.60. The highest BCUT2D eigenvalue weighted by Gasteiger charge is 2.58. The molecule has 1 N–H and O–H groups in total. The Kier molecular flexibility index (Phi) is 8.01. The van der Waals surface area contributed by atoms with E-state index in [1.807, 2.05) is 0 Å². The van der Waals surface area contributed by atoms with E-state index in [0.29, 0.717) is 12.5 Å². The molecule has 2 aliphatic carbocycles. The molecule has 0 radical (unpaired) electrons. The predicted octanol–water partition coefficient (Wildman–Crippen LogP) is 5.16. The zero-order chi connectivity index (χ0) is 19.0. The van der Waals surface area contributed by atoms with Crippen LogP contribution >= 0.6 is 0 Å². The number of hydrogen-bond donors (Lipinski definition) is 1. The molecule has 0 aromatic heterocycles. The van der Waals surface area contributed by atoms with Gasteiger partial charge < -0.3 is 9.64 Å². The zero-order valence-electron chi connectivity index (χ0n) is 17.7. The van der Waals surface area contributed by atoms with E-state index in [1.165, 1.54) is 70.6 Å². The summed E-state index contributed by atoms with van der Waals surface area (Å²) in [6, 6.07) is 0. The predicted molar refractivity (Wildman–Crippen MR) is 111 cm³/mol. The number of hydrogen-bond acceptors (Lipinski definition) is 3. The van der Waals surface area contributed by atoms with Gasteiger partial charge in [0.15, 0.2) is 0 Å². The number of carbonyl (C=O) groups is 1. The van der Waals surface area contributed by atoms with Gasteiger partial charge in [0.2, 0.25) is 5.91 Å². The van der Waals surface area contributed by atoms with E-state index in [9.17, 15) is 4.79 Å². The van der Waals surface area contributed by atoms with Crippen LogP contribution in [0.2, 0.25) is 0 Å². The van der Waals surface area contributed by atoms with Gasteiger partial charge in [-0.05, 0) is 44.9 Å². The largest absolute Gasteiger partial charge is 0.380 e. The number of rotatable bonds is 10. The number of nitrogens with one attached hydrogen (secondary N) is 1. The third-order valence-corrected chi connectivity index (χ3v) is 7.13.